The first-order valence-corrected chi connectivity index (χ1v) is 5.67. The molecule has 0 heterocycles. The molecule has 1 unspecified atom stereocenters. The van der Waals surface area contributed by atoms with Crippen LogP contribution < -0.4 is 0 Å². The zero-order valence-corrected chi connectivity index (χ0v) is 9.56. The molecule has 0 spiro atoms. The lowest BCUT2D eigenvalue weighted by Gasteiger charge is -2.33. The molecule has 0 aromatic heterocycles. The molecule has 1 aliphatic carbocycles. The van der Waals surface area contributed by atoms with Crippen LogP contribution in [0.2, 0.25) is 0 Å². The van der Waals surface area contributed by atoms with Crippen LogP contribution in [0.1, 0.15) is 59.8 Å². The highest BCUT2D eigenvalue weighted by molar-refractivity contribution is 5.03. The lowest BCUT2D eigenvalue weighted by Crippen LogP contribution is -2.36. The minimum absolute atomic E-state index is 0.232. The van der Waals surface area contributed by atoms with Gasteiger partial charge in [0.2, 0.25) is 0 Å². The van der Waals surface area contributed by atoms with E-state index in [4.69, 9.17) is 0 Å². The quantitative estimate of drug-likeness (QED) is 0.694. The lowest BCUT2D eigenvalue weighted by atomic mass is 9.78. The summed E-state index contributed by atoms with van der Waals surface area (Å²) in [6.45, 7) is 8.69. The highest BCUT2D eigenvalue weighted by Crippen LogP contribution is 2.55. The average molecular weight is 184 g/mol. The molecule has 1 fully saturated rings. The van der Waals surface area contributed by atoms with Gasteiger partial charge in [-0.25, -0.2) is 0 Å². The van der Waals surface area contributed by atoms with Crippen molar-refractivity contribution < 1.29 is 5.11 Å². The van der Waals surface area contributed by atoms with Crippen molar-refractivity contribution in [3.8, 4) is 0 Å². The highest BCUT2D eigenvalue weighted by atomic mass is 16.3. The van der Waals surface area contributed by atoms with Crippen LogP contribution in [0.25, 0.3) is 0 Å². The van der Waals surface area contributed by atoms with Gasteiger partial charge in [-0.1, -0.05) is 33.6 Å². The van der Waals surface area contributed by atoms with E-state index in [-0.39, 0.29) is 5.41 Å². The Balaban J connectivity index is 2.50. The number of rotatable bonds is 5. The predicted octanol–water partition coefficient (Wildman–Crippen LogP) is 3.36. The van der Waals surface area contributed by atoms with Crippen LogP contribution >= 0.6 is 0 Å². The lowest BCUT2D eigenvalue weighted by molar-refractivity contribution is -0.0297. The molecule has 1 heteroatoms. The molecule has 13 heavy (non-hydrogen) atoms. The van der Waals surface area contributed by atoms with Gasteiger partial charge >= 0.3 is 0 Å². The summed E-state index contributed by atoms with van der Waals surface area (Å²) in [7, 11) is 0. The van der Waals surface area contributed by atoms with E-state index in [1.165, 1.54) is 25.7 Å². The third-order valence-electron chi connectivity index (χ3n) is 4.14. The van der Waals surface area contributed by atoms with Gasteiger partial charge in [-0.2, -0.15) is 0 Å². The summed E-state index contributed by atoms with van der Waals surface area (Å²) < 4.78 is 0. The largest absolute Gasteiger partial charge is 0.390 e. The van der Waals surface area contributed by atoms with E-state index in [1.807, 2.05) is 6.92 Å². The summed E-state index contributed by atoms with van der Waals surface area (Å²) in [5, 5.41) is 10.3. The maximum Gasteiger partial charge on any atom is 0.0675 e. The van der Waals surface area contributed by atoms with Gasteiger partial charge in [-0.15, -0.1) is 0 Å². The van der Waals surface area contributed by atoms with Gasteiger partial charge in [0.1, 0.15) is 0 Å². The van der Waals surface area contributed by atoms with Gasteiger partial charge in [0.05, 0.1) is 5.60 Å². The van der Waals surface area contributed by atoms with E-state index in [9.17, 15) is 5.11 Å². The maximum absolute atomic E-state index is 10.3. The molecule has 0 aromatic carbocycles. The predicted molar refractivity (Wildman–Crippen MR) is 56.7 cm³/mol. The highest BCUT2D eigenvalue weighted by Gasteiger charge is 2.52. The van der Waals surface area contributed by atoms with Crippen molar-refractivity contribution >= 4 is 0 Å². The van der Waals surface area contributed by atoms with Crippen molar-refractivity contribution in [3.63, 3.8) is 0 Å². The Labute approximate surface area is 82.5 Å². The van der Waals surface area contributed by atoms with Gasteiger partial charge in [0.25, 0.3) is 0 Å². The van der Waals surface area contributed by atoms with Crippen LogP contribution in [0.15, 0.2) is 0 Å². The van der Waals surface area contributed by atoms with Crippen molar-refractivity contribution in [1.29, 1.82) is 0 Å². The normalized spacial score (nSPS) is 24.5. The fourth-order valence-corrected chi connectivity index (χ4v) is 2.11. The number of hydrogen-bond acceptors (Lipinski definition) is 1. The first-order valence-electron chi connectivity index (χ1n) is 5.67. The topological polar surface area (TPSA) is 20.2 Å². The summed E-state index contributed by atoms with van der Waals surface area (Å²) in [5.41, 5.74) is -0.195. The van der Waals surface area contributed by atoms with E-state index in [1.54, 1.807) is 0 Å². The van der Waals surface area contributed by atoms with Crippen LogP contribution in [0.4, 0.5) is 0 Å². The molecule has 0 bridgehead atoms. The Bertz CT molecular complexity index is 164. The summed E-state index contributed by atoms with van der Waals surface area (Å²) in [4.78, 5) is 0. The summed E-state index contributed by atoms with van der Waals surface area (Å²) in [6.07, 6.45) is 5.79. The minimum Gasteiger partial charge on any atom is -0.390 e. The Kier molecular flexibility index (Phi) is 3.06. The zero-order chi connectivity index (χ0) is 10.1. The van der Waals surface area contributed by atoms with Crippen molar-refractivity contribution in [2.45, 2.75) is 65.4 Å². The van der Waals surface area contributed by atoms with Gasteiger partial charge in [-0.3, -0.25) is 0 Å². The van der Waals surface area contributed by atoms with Crippen LogP contribution in [0.5, 0.6) is 0 Å². The van der Waals surface area contributed by atoms with E-state index in [2.05, 4.69) is 20.8 Å². The average Bonchev–Trinajstić information content (AvgIpc) is 2.81. The summed E-state index contributed by atoms with van der Waals surface area (Å²) >= 11 is 0. The van der Waals surface area contributed by atoms with E-state index < -0.39 is 5.60 Å². The van der Waals surface area contributed by atoms with Gasteiger partial charge in [-0.05, 0) is 37.5 Å². The summed E-state index contributed by atoms with van der Waals surface area (Å²) in [6, 6.07) is 0. The molecule has 1 N–H and O–H groups in total. The molecule has 0 aromatic rings. The SMILES string of the molecule is CCC(CC)CC(C)(O)C1(C)CC1. The third-order valence-corrected chi connectivity index (χ3v) is 4.14. The minimum atomic E-state index is -0.427. The number of hydrogen-bond donors (Lipinski definition) is 1. The Hall–Kier alpha value is -0.0400. The molecule has 0 aliphatic heterocycles. The second-order valence-corrected chi connectivity index (χ2v) is 5.22. The van der Waals surface area contributed by atoms with Gasteiger partial charge in [0.15, 0.2) is 0 Å². The Morgan fingerprint density at radius 3 is 2.08 bits per heavy atom. The Morgan fingerprint density at radius 1 is 1.31 bits per heavy atom. The molecule has 0 radical (unpaired) electrons. The number of aliphatic hydroxyl groups is 1. The standard InChI is InChI=1S/C12H24O/c1-5-10(6-2)9-12(4,13)11(3)7-8-11/h10,13H,5-9H2,1-4H3. The van der Waals surface area contributed by atoms with Crippen LogP contribution in [-0.4, -0.2) is 10.7 Å². The second kappa shape index (κ2) is 3.61. The van der Waals surface area contributed by atoms with Crippen LogP contribution in [0.3, 0.4) is 0 Å². The second-order valence-electron chi connectivity index (χ2n) is 5.22. The fourth-order valence-electron chi connectivity index (χ4n) is 2.11. The van der Waals surface area contributed by atoms with E-state index in [0.29, 0.717) is 5.92 Å². The summed E-state index contributed by atoms with van der Waals surface area (Å²) in [5.74, 6) is 0.701. The maximum atomic E-state index is 10.3. The first-order chi connectivity index (χ1) is 5.95. The van der Waals surface area contributed by atoms with Crippen molar-refractivity contribution in [3.05, 3.63) is 0 Å². The smallest absolute Gasteiger partial charge is 0.0675 e. The fraction of sp³-hybridized carbons (Fsp3) is 1.00. The molecular formula is C12H24O. The van der Waals surface area contributed by atoms with Crippen molar-refractivity contribution in [2.24, 2.45) is 11.3 Å². The molecule has 78 valence electrons. The van der Waals surface area contributed by atoms with Gasteiger partial charge in [0, 0.05) is 0 Å². The molecule has 1 saturated carbocycles. The van der Waals surface area contributed by atoms with Crippen molar-refractivity contribution in [2.75, 3.05) is 0 Å². The molecule has 1 rings (SSSR count). The third kappa shape index (κ3) is 2.25. The monoisotopic (exact) mass is 184 g/mol. The van der Waals surface area contributed by atoms with Crippen molar-refractivity contribution in [1.82, 2.24) is 0 Å². The molecular weight excluding hydrogens is 160 g/mol. The molecule has 0 amide bonds. The van der Waals surface area contributed by atoms with Gasteiger partial charge < -0.3 is 5.11 Å². The molecule has 1 nitrogen and oxygen atoms in total. The Morgan fingerprint density at radius 2 is 1.77 bits per heavy atom. The van der Waals surface area contributed by atoms with E-state index >= 15 is 0 Å². The zero-order valence-electron chi connectivity index (χ0n) is 9.56. The first kappa shape index (κ1) is 11.0. The molecule has 1 atom stereocenters. The molecule has 0 saturated heterocycles. The van der Waals surface area contributed by atoms with Crippen LogP contribution in [0, 0.1) is 11.3 Å². The molecule has 1 aliphatic rings. The van der Waals surface area contributed by atoms with Crippen LogP contribution in [-0.2, 0) is 0 Å². The van der Waals surface area contributed by atoms with E-state index in [0.717, 1.165) is 6.42 Å².